The third kappa shape index (κ3) is 3.64. The number of rotatable bonds is 4. The molecule has 2 fully saturated rings. The summed E-state index contributed by atoms with van der Waals surface area (Å²) in [6, 6.07) is 0.435. The highest BCUT2D eigenvalue weighted by Gasteiger charge is 2.38. The molecule has 0 radical (unpaired) electrons. The van der Waals surface area contributed by atoms with Crippen LogP contribution >= 0.6 is 11.8 Å². The van der Waals surface area contributed by atoms with Crippen molar-refractivity contribution in [3.63, 3.8) is 0 Å². The molecule has 0 aromatic rings. The molecule has 0 aromatic carbocycles. The van der Waals surface area contributed by atoms with E-state index >= 15 is 0 Å². The number of ether oxygens (including phenoxy) is 1. The van der Waals surface area contributed by atoms with Gasteiger partial charge in [-0.2, -0.15) is 0 Å². The first-order valence-electron chi connectivity index (χ1n) is 7.20. The molecule has 2 heterocycles. The van der Waals surface area contributed by atoms with Crippen molar-refractivity contribution in [3.8, 4) is 0 Å². The molecule has 2 aliphatic heterocycles. The molecule has 0 aromatic heterocycles. The molecule has 2 saturated heterocycles. The molecule has 2 aliphatic rings. The highest BCUT2D eigenvalue weighted by Crippen LogP contribution is 2.32. The fourth-order valence-corrected chi connectivity index (χ4v) is 3.93. The van der Waals surface area contributed by atoms with Crippen LogP contribution in [-0.2, 0) is 4.74 Å². The van der Waals surface area contributed by atoms with Crippen molar-refractivity contribution >= 4 is 16.9 Å². The normalized spacial score (nSPS) is 28.3. The summed E-state index contributed by atoms with van der Waals surface area (Å²) in [6.45, 7) is 8.58. The number of hydrogen-bond acceptors (Lipinski definition) is 3. The maximum Gasteiger partial charge on any atom is 0.157 e. The van der Waals surface area contributed by atoms with Crippen LogP contribution in [0.5, 0.6) is 0 Å². The third-order valence-corrected chi connectivity index (χ3v) is 5.26. The van der Waals surface area contributed by atoms with Crippen molar-refractivity contribution < 1.29 is 4.74 Å². The van der Waals surface area contributed by atoms with Crippen molar-refractivity contribution in [1.82, 2.24) is 5.32 Å². The summed E-state index contributed by atoms with van der Waals surface area (Å²) >= 11 is 1.89. The van der Waals surface area contributed by atoms with Gasteiger partial charge < -0.3 is 10.1 Å². The molecule has 1 N–H and O–H groups in total. The first-order chi connectivity index (χ1) is 8.63. The monoisotopic (exact) mass is 270 g/mol. The zero-order valence-corrected chi connectivity index (χ0v) is 12.7. The number of thioether (sulfide) groups is 1. The second kappa shape index (κ2) is 6.29. The summed E-state index contributed by atoms with van der Waals surface area (Å²) in [7, 11) is 0. The van der Waals surface area contributed by atoms with Gasteiger partial charge in [0.2, 0.25) is 0 Å². The van der Waals surface area contributed by atoms with E-state index in [0.29, 0.717) is 6.04 Å². The van der Waals surface area contributed by atoms with Gasteiger partial charge >= 0.3 is 0 Å². The van der Waals surface area contributed by atoms with E-state index in [0.717, 1.165) is 42.9 Å². The summed E-state index contributed by atoms with van der Waals surface area (Å²) in [5.41, 5.74) is 0.276. The molecule has 3 nitrogen and oxygen atoms in total. The van der Waals surface area contributed by atoms with E-state index in [4.69, 9.17) is 9.73 Å². The Morgan fingerprint density at radius 1 is 1.39 bits per heavy atom. The maximum atomic E-state index is 5.45. The fraction of sp³-hybridized carbons (Fsp3) is 0.929. The van der Waals surface area contributed by atoms with Gasteiger partial charge in [0.1, 0.15) is 0 Å². The van der Waals surface area contributed by atoms with E-state index in [1.165, 1.54) is 12.8 Å². The highest BCUT2D eigenvalue weighted by molar-refractivity contribution is 8.14. The van der Waals surface area contributed by atoms with Crippen molar-refractivity contribution in [2.75, 3.05) is 19.0 Å². The lowest BCUT2D eigenvalue weighted by Gasteiger charge is -2.32. The minimum absolute atomic E-state index is 0.276. The minimum atomic E-state index is 0.276. The topological polar surface area (TPSA) is 33.6 Å². The van der Waals surface area contributed by atoms with Crippen LogP contribution in [0.4, 0.5) is 0 Å². The lowest BCUT2D eigenvalue weighted by atomic mass is 9.93. The SMILES string of the molecule is CCC(C)CC(C)N=C1NC2(CCOCC2)CS1. The smallest absolute Gasteiger partial charge is 0.157 e. The molecule has 0 saturated carbocycles. The zero-order chi connectivity index (χ0) is 13.0. The van der Waals surface area contributed by atoms with E-state index in [-0.39, 0.29) is 5.54 Å². The Morgan fingerprint density at radius 2 is 2.11 bits per heavy atom. The number of nitrogens with zero attached hydrogens (tertiary/aromatic N) is 1. The number of aliphatic imine (C=N–C) groups is 1. The maximum absolute atomic E-state index is 5.45. The van der Waals surface area contributed by atoms with Crippen molar-refractivity contribution in [3.05, 3.63) is 0 Å². The molecule has 104 valence electrons. The van der Waals surface area contributed by atoms with Gasteiger partial charge in [0.15, 0.2) is 5.17 Å². The molecule has 2 atom stereocenters. The molecule has 18 heavy (non-hydrogen) atoms. The standard InChI is InChI=1S/C14H26N2OS/c1-4-11(2)9-12(3)15-13-16-14(10-18-13)5-7-17-8-6-14/h11-12H,4-10H2,1-3H3,(H,15,16). The van der Waals surface area contributed by atoms with E-state index < -0.39 is 0 Å². The molecular weight excluding hydrogens is 244 g/mol. The van der Waals surface area contributed by atoms with Gasteiger partial charge in [-0.1, -0.05) is 32.0 Å². The van der Waals surface area contributed by atoms with Gasteiger partial charge in [-0.25, -0.2) is 0 Å². The first-order valence-corrected chi connectivity index (χ1v) is 8.18. The van der Waals surface area contributed by atoms with Crippen LogP contribution in [0, 0.1) is 5.92 Å². The molecule has 0 aliphatic carbocycles. The molecule has 1 spiro atoms. The lowest BCUT2D eigenvalue weighted by Crippen LogP contribution is -2.48. The van der Waals surface area contributed by atoms with E-state index in [9.17, 15) is 0 Å². The molecule has 0 amide bonds. The molecular formula is C14H26N2OS. The lowest BCUT2D eigenvalue weighted by molar-refractivity contribution is 0.0555. The Hall–Kier alpha value is -0.220. The molecule has 2 rings (SSSR count). The Morgan fingerprint density at radius 3 is 2.78 bits per heavy atom. The van der Waals surface area contributed by atoms with Crippen LogP contribution in [0.1, 0.15) is 46.5 Å². The second-order valence-corrected chi connectivity index (χ2v) is 6.80. The first kappa shape index (κ1) is 14.2. The predicted octanol–water partition coefficient (Wildman–Crippen LogP) is 3.05. The Bertz CT molecular complexity index is 300. The van der Waals surface area contributed by atoms with Gasteiger partial charge in [-0.05, 0) is 32.1 Å². The van der Waals surface area contributed by atoms with Gasteiger partial charge in [0.25, 0.3) is 0 Å². The average molecular weight is 270 g/mol. The van der Waals surface area contributed by atoms with E-state index in [1.54, 1.807) is 0 Å². The van der Waals surface area contributed by atoms with Crippen molar-refractivity contribution in [1.29, 1.82) is 0 Å². The van der Waals surface area contributed by atoms with Gasteiger partial charge in [0.05, 0.1) is 11.6 Å². The highest BCUT2D eigenvalue weighted by atomic mass is 32.2. The second-order valence-electron chi connectivity index (χ2n) is 5.84. The summed E-state index contributed by atoms with van der Waals surface area (Å²) < 4.78 is 5.45. The van der Waals surface area contributed by atoms with Crippen LogP contribution in [0.2, 0.25) is 0 Å². The molecule has 4 heteroatoms. The van der Waals surface area contributed by atoms with Gasteiger partial charge in [0, 0.05) is 19.0 Å². The van der Waals surface area contributed by atoms with Crippen LogP contribution in [0.3, 0.4) is 0 Å². The van der Waals surface area contributed by atoms with Crippen molar-refractivity contribution in [2.45, 2.75) is 58.0 Å². The molecule has 0 bridgehead atoms. The Labute approximate surface area is 115 Å². The summed E-state index contributed by atoms with van der Waals surface area (Å²) in [5, 5.41) is 4.82. The number of hydrogen-bond donors (Lipinski definition) is 1. The average Bonchev–Trinajstić information content (AvgIpc) is 2.72. The van der Waals surface area contributed by atoms with E-state index in [1.807, 2.05) is 11.8 Å². The van der Waals surface area contributed by atoms with Gasteiger partial charge in [-0.15, -0.1) is 0 Å². The zero-order valence-electron chi connectivity index (χ0n) is 11.9. The molecule has 2 unspecified atom stereocenters. The van der Waals surface area contributed by atoms with Crippen LogP contribution in [0.25, 0.3) is 0 Å². The summed E-state index contributed by atoms with van der Waals surface area (Å²) in [4.78, 5) is 4.84. The fourth-order valence-electron chi connectivity index (χ4n) is 2.61. The predicted molar refractivity (Wildman–Crippen MR) is 79.3 cm³/mol. The van der Waals surface area contributed by atoms with E-state index in [2.05, 4.69) is 26.1 Å². The Kier molecular flexibility index (Phi) is 4.96. The van der Waals surface area contributed by atoms with Crippen molar-refractivity contribution in [2.24, 2.45) is 10.9 Å². The van der Waals surface area contributed by atoms with Crippen LogP contribution in [0.15, 0.2) is 4.99 Å². The number of amidine groups is 1. The van der Waals surface area contributed by atoms with Crippen LogP contribution in [-0.4, -0.2) is 35.7 Å². The third-order valence-electron chi connectivity index (χ3n) is 4.09. The largest absolute Gasteiger partial charge is 0.381 e. The number of nitrogens with one attached hydrogen (secondary N) is 1. The summed E-state index contributed by atoms with van der Waals surface area (Å²) in [6.07, 6.45) is 4.69. The summed E-state index contributed by atoms with van der Waals surface area (Å²) in [5.74, 6) is 1.93. The minimum Gasteiger partial charge on any atom is -0.381 e. The van der Waals surface area contributed by atoms with Gasteiger partial charge in [-0.3, -0.25) is 4.99 Å². The Balaban J connectivity index is 1.87. The quantitative estimate of drug-likeness (QED) is 0.852. The van der Waals surface area contributed by atoms with Crippen LogP contribution < -0.4 is 5.32 Å².